The molecule has 23 heavy (non-hydrogen) atoms. The number of aromatic amines is 1. The molecule has 3 heteroatoms. The molecule has 0 spiro atoms. The van der Waals surface area contributed by atoms with Gasteiger partial charge < -0.3 is 10.3 Å². The van der Waals surface area contributed by atoms with Gasteiger partial charge in [0.1, 0.15) is 0 Å². The third kappa shape index (κ3) is 2.78. The second-order valence-electron chi connectivity index (χ2n) is 5.37. The van der Waals surface area contributed by atoms with Gasteiger partial charge in [-0.3, -0.25) is 4.79 Å². The number of fused-ring (bicyclic) bond motifs is 2. The van der Waals surface area contributed by atoms with E-state index < -0.39 is 0 Å². The summed E-state index contributed by atoms with van der Waals surface area (Å²) in [5.41, 5.74) is 5.78. The monoisotopic (exact) mass is 304 g/mol. The molecule has 3 nitrogen and oxygen atoms in total. The van der Waals surface area contributed by atoms with Crippen LogP contribution >= 0.6 is 0 Å². The second kappa shape index (κ2) is 6.13. The highest BCUT2D eigenvalue weighted by Crippen LogP contribution is 2.33. The lowest BCUT2D eigenvalue weighted by atomic mass is 10.1. The number of para-hydroxylation sites is 1. The third-order valence-corrected chi connectivity index (χ3v) is 3.81. The van der Waals surface area contributed by atoms with E-state index in [1.165, 1.54) is 5.56 Å². The van der Waals surface area contributed by atoms with Gasteiger partial charge in [-0.15, -0.1) is 0 Å². The molecule has 0 bridgehead atoms. The quantitative estimate of drug-likeness (QED) is 0.611. The summed E-state index contributed by atoms with van der Waals surface area (Å²) in [5, 5.41) is 4.04. The summed E-state index contributed by atoms with van der Waals surface area (Å²) in [5.74, 6) is -0.0500. The van der Waals surface area contributed by atoms with Crippen LogP contribution in [0.1, 0.15) is 30.7 Å². The molecule has 0 radical (unpaired) electrons. The zero-order valence-electron chi connectivity index (χ0n) is 13.6. The van der Waals surface area contributed by atoms with Crippen molar-refractivity contribution in [2.45, 2.75) is 20.8 Å². The van der Waals surface area contributed by atoms with Crippen molar-refractivity contribution in [2.24, 2.45) is 0 Å². The Bertz CT molecular complexity index is 903. The fourth-order valence-electron chi connectivity index (χ4n) is 2.78. The van der Waals surface area contributed by atoms with Crippen molar-refractivity contribution >= 4 is 34.1 Å². The number of carbonyl (C=O) groups is 1. The fourth-order valence-corrected chi connectivity index (χ4v) is 2.78. The maximum absolute atomic E-state index is 12.1. The van der Waals surface area contributed by atoms with Crippen LogP contribution in [0.25, 0.3) is 22.6 Å². The van der Waals surface area contributed by atoms with E-state index in [0.29, 0.717) is 5.57 Å². The second-order valence-corrected chi connectivity index (χ2v) is 5.37. The number of carbonyl (C=O) groups excluding carboxylic acids is 1. The number of rotatable bonds is 1. The number of aromatic nitrogens is 1. The standard InChI is InChI=1S/C18H14N2O.C2H6/c1-11-6-7-12-9-13(19-17(12)8-11)10-15-14-4-2-3-5-16(14)20-18(15)21;1-2/h2-10,19H,1H3,(H,20,21);1-2H3/b15-10-;. The average Bonchev–Trinajstić information content (AvgIpc) is 3.10. The topological polar surface area (TPSA) is 44.9 Å². The van der Waals surface area contributed by atoms with E-state index in [4.69, 9.17) is 0 Å². The fraction of sp³-hybridized carbons (Fsp3) is 0.150. The summed E-state index contributed by atoms with van der Waals surface area (Å²) in [4.78, 5) is 15.5. The van der Waals surface area contributed by atoms with Gasteiger partial charge in [0.2, 0.25) is 0 Å². The third-order valence-electron chi connectivity index (χ3n) is 3.81. The van der Waals surface area contributed by atoms with Gasteiger partial charge in [-0.1, -0.05) is 44.2 Å². The molecule has 1 aromatic heterocycles. The Morgan fingerprint density at radius 2 is 1.78 bits per heavy atom. The summed E-state index contributed by atoms with van der Waals surface area (Å²) in [6, 6.07) is 16.1. The Morgan fingerprint density at radius 1 is 1.00 bits per heavy atom. The van der Waals surface area contributed by atoms with E-state index in [-0.39, 0.29) is 5.91 Å². The Balaban J connectivity index is 0.000000753. The van der Waals surface area contributed by atoms with Crippen molar-refractivity contribution in [1.82, 2.24) is 4.98 Å². The Labute approximate surface area is 136 Å². The van der Waals surface area contributed by atoms with Crippen LogP contribution in [0.5, 0.6) is 0 Å². The summed E-state index contributed by atoms with van der Waals surface area (Å²) in [6.07, 6.45) is 1.91. The summed E-state index contributed by atoms with van der Waals surface area (Å²) in [6.45, 7) is 6.07. The molecule has 1 amide bonds. The number of benzene rings is 2. The first-order valence-electron chi connectivity index (χ1n) is 7.92. The summed E-state index contributed by atoms with van der Waals surface area (Å²) >= 11 is 0. The molecule has 2 aromatic carbocycles. The molecule has 3 aromatic rings. The highest BCUT2D eigenvalue weighted by atomic mass is 16.2. The first kappa shape index (κ1) is 15.1. The molecule has 2 N–H and O–H groups in total. The van der Waals surface area contributed by atoms with Gasteiger partial charge in [0.25, 0.3) is 5.91 Å². The lowest BCUT2D eigenvalue weighted by molar-refractivity contribution is -0.110. The van der Waals surface area contributed by atoms with Crippen LogP contribution in [0.3, 0.4) is 0 Å². The van der Waals surface area contributed by atoms with Gasteiger partial charge in [0.15, 0.2) is 0 Å². The largest absolute Gasteiger partial charge is 0.355 e. The van der Waals surface area contributed by atoms with Crippen molar-refractivity contribution < 1.29 is 4.79 Å². The molecule has 0 atom stereocenters. The molecule has 1 aliphatic rings. The number of hydrogen-bond donors (Lipinski definition) is 2. The van der Waals surface area contributed by atoms with Crippen molar-refractivity contribution in [3.05, 3.63) is 65.4 Å². The molecule has 116 valence electrons. The van der Waals surface area contributed by atoms with Gasteiger partial charge in [-0.05, 0) is 36.8 Å². The van der Waals surface area contributed by atoms with Crippen molar-refractivity contribution in [1.29, 1.82) is 0 Å². The molecule has 0 saturated heterocycles. The number of aryl methyl sites for hydroxylation is 1. The highest BCUT2D eigenvalue weighted by molar-refractivity contribution is 6.34. The van der Waals surface area contributed by atoms with E-state index in [2.05, 4.69) is 41.5 Å². The molecule has 1 aliphatic heterocycles. The first-order valence-corrected chi connectivity index (χ1v) is 7.92. The zero-order valence-corrected chi connectivity index (χ0v) is 13.6. The van der Waals surface area contributed by atoms with Crippen LogP contribution in [0.2, 0.25) is 0 Å². The first-order chi connectivity index (χ1) is 11.2. The maximum atomic E-state index is 12.1. The van der Waals surface area contributed by atoms with Gasteiger partial charge in [0, 0.05) is 27.8 Å². The zero-order chi connectivity index (χ0) is 16.4. The molecule has 4 rings (SSSR count). The number of amides is 1. The van der Waals surface area contributed by atoms with Crippen LogP contribution in [0.4, 0.5) is 5.69 Å². The molecule has 0 saturated carbocycles. The number of anilines is 1. The highest BCUT2D eigenvalue weighted by Gasteiger charge is 2.23. The SMILES string of the molecule is CC.Cc1ccc2cc(/C=C3\C(=O)Nc4ccccc43)[nH]c2c1. The Morgan fingerprint density at radius 3 is 2.61 bits per heavy atom. The molecule has 2 heterocycles. The van der Waals surface area contributed by atoms with Crippen LogP contribution in [-0.4, -0.2) is 10.9 Å². The number of H-pyrrole nitrogens is 1. The van der Waals surface area contributed by atoms with E-state index in [9.17, 15) is 4.79 Å². The van der Waals surface area contributed by atoms with Gasteiger partial charge >= 0.3 is 0 Å². The molecular formula is C20H20N2O. The van der Waals surface area contributed by atoms with Crippen molar-refractivity contribution in [3.63, 3.8) is 0 Å². The van der Waals surface area contributed by atoms with Crippen LogP contribution in [0, 0.1) is 6.92 Å². The lowest BCUT2D eigenvalue weighted by Crippen LogP contribution is -2.03. The lowest BCUT2D eigenvalue weighted by Gasteiger charge is -1.96. The molecular weight excluding hydrogens is 284 g/mol. The smallest absolute Gasteiger partial charge is 0.256 e. The molecule has 0 aliphatic carbocycles. The van der Waals surface area contributed by atoms with Crippen LogP contribution < -0.4 is 5.32 Å². The van der Waals surface area contributed by atoms with E-state index >= 15 is 0 Å². The van der Waals surface area contributed by atoms with E-state index in [1.807, 2.05) is 44.2 Å². The van der Waals surface area contributed by atoms with Crippen LogP contribution in [0.15, 0.2) is 48.5 Å². The number of hydrogen-bond acceptors (Lipinski definition) is 1. The normalized spacial score (nSPS) is 14.4. The Hall–Kier alpha value is -2.81. The predicted molar refractivity (Wildman–Crippen MR) is 97.3 cm³/mol. The summed E-state index contributed by atoms with van der Waals surface area (Å²) < 4.78 is 0. The van der Waals surface area contributed by atoms with Crippen molar-refractivity contribution in [3.8, 4) is 0 Å². The minimum absolute atomic E-state index is 0.0500. The van der Waals surface area contributed by atoms with Crippen LogP contribution in [-0.2, 0) is 4.79 Å². The van der Waals surface area contributed by atoms with Gasteiger partial charge in [-0.25, -0.2) is 0 Å². The van der Waals surface area contributed by atoms with E-state index in [1.54, 1.807) is 0 Å². The summed E-state index contributed by atoms with van der Waals surface area (Å²) in [7, 11) is 0. The average molecular weight is 304 g/mol. The van der Waals surface area contributed by atoms with Gasteiger partial charge in [0.05, 0.1) is 5.57 Å². The van der Waals surface area contributed by atoms with Crippen molar-refractivity contribution in [2.75, 3.05) is 5.32 Å². The maximum Gasteiger partial charge on any atom is 0.256 e. The predicted octanol–water partition coefficient (Wildman–Crippen LogP) is 5.00. The molecule has 0 fully saturated rings. The minimum Gasteiger partial charge on any atom is -0.355 e. The Kier molecular flexibility index (Phi) is 4.02. The molecule has 0 unspecified atom stereocenters. The van der Waals surface area contributed by atoms with E-state index in [0.717, 1.165) is 27.8 Å². The van der Waals surface area contributed by atoms with Gasteiger partial charge in [-0.2, -0.15) is 0 Å². The number of nitrogens with one attached hydrogen (secondary N) is 2. The minimum atomic E-state index is -0.0500.